The van der Waals surface area contributed by atoms with Gasteiger partial charge in [-0.25, -0.2) is 8.42 Å². The fourth-order valence-electron chi connectivity index (χ4n) is 3.89. The van der Waals surface area contributed by atoms with Gasteiger partial charge in [-0.15, -0.1) is 11.3 Å². The molecule has 0 saturated carbocycles. The van der Waals surface area contributed by atoms with Crippen LogP contribution in [-0.4, -0.2) is 44.4 Å². The summed E-state index contributed by atoms with van der Waals surface area (Å²) in [5.41, 5.74) is 1.45. The largest absolute Gasteiger partial charge is 0.484 e. The van der Waals surface area contributed by atoms with Gasteiger partial charge < -0.3 is 15.4 Å². The lowest BCUT2D eigenvalue weighted by Crippen LogP contribution is -2.36. The summed E-state index contributed by atoms with van der Waals surface area (Å²) in [5, 5.41) is 6.22. The van der Waals surface area contributed by atoms with Crippen LogP contribution >= 0.6 is 11.3 Å². The fourth-order valence-corrected chi connectivity index (χ4v) is 6.87. The zero-order valence-corrected chi connectivity index (χ0v) is 18.1. The lowest BCUT2D eigenvalue weighted by Gasteiger charge is -2.15. The minimum atomic E-state index is -3.09. The Labute approximate surface area is 179 Å². The molecule has 1 aromatic carbocycles. The van der Waals surface area contributed by atoms with Crippen LogP contribution in [0.25, 0.3) is 0 Å². The van der Waals surface area contributed by atoms with Gasteiger partial charge in [-0.3, -0.25) is 9.59 Å². The molecule has 9 heteroatoms. The number of hydrogen-bond donors (Lipinski definition) is 2. The van der Waals surface area contributed by atoms with Crippen LogP contribution in [0.15, 0.2) is 30.3 Å². The second-order valence-electron chi connectivity index (χ2n) is 7.64. The number of hydrogen-bond acceptors (Lipinski definition) is 6. The molecule has 1 fully saturated rings. The van der Waals surface area contributed by atoms with Crippen LogP contribution < -0.4 is 15.4 Å². The number of fused-ring (bicyclic) bond motifs is 1. The van der Waals surface area contributed by atoms with Crippen molar-refractivity contribution in [3.05, 3.63) is 46.3 Å². The van der Waals surface area contributed by atoms with Gasteiger partial charge in [0, 0.05) is 10.9 Å². The van der Waals surface area contributed by atoms with Crippen molar-refractivity contribution in [3.8, 4) is 5.75 Å². The van der Waals surface area contributed by atoms with Gasteiger partial charge in [0.1, 0.15) is 10.8 Å². The van der Waals surface area contributed by atoms with Crippen LogP contribution in [0.3, 0.4) is 0 Å². The number of sulfone groups is 1. The maximum absolute atomic E-state index is 13.0. The van der Waals surface area contributed by atoms with Crippen molar-refractivity contribution >= 4 is 38.0 Å². The SMILES string of the molecule is O=C(COc1ccccc1)Nc1sc2c(c1C(=O)NC1CCS(=O)(=O)C1)CCCC2. The molecule has 2 aromatic rings. The van der Waals surface area contributed by atoms with E-state index < -0.39 is 9.84 Å². The number of ether oxygens (including phenoxy) is 1. The Bertz CT molecular complexity index is 1050. The maximum Gasteiger partial charge on any atom is 0.262 e. The summed E-state index contributed by atoms with van der Waals surface area (Å²) in [4.78, 5) is 26.6. The molecule has 30 heavy (non-hydrogen) atoms. The monoisotopic (exact) mass is 448 g/mol. The minimum absolute atomic E-state index is 0.0301. The molecule has 0 radical (unpaired) electrons. The molecule has 1 aliphatic heterocycles. The third-order valence-corrected chi connectivity index (χ3v) is 8.31. The van der Waals surface area contributed by atoms with Crippen molar-refractivity contribution in [1.29, 1.82) is 0 Å². The molecule has 1 saturated heterocycles. The van der Waals surface area contributed by atoms with Crippen molar-refractivity contribution in [1.82, 2.24) is 5.32 Å². The van der Waals surface area contributed by atoms with Gasteiger partial charge in [0.2, 0.25) is 0 Å². The highest BCUT2D eigenvalue weighted by Gasteiger charge is 2.32. The number of para-hydroxylation sites is 1. The molecular formula is C21H24N2O5S2. The van der Waals surface area contributed by atoms with Crippen molar-refractivity contribution in [3.63, 3.8) is 0 Å². The van der Waals surface area contributed by atoms with E-state index in [0.29, 0.717) is 22.7 Å². The molecule has 1 aliphatic carbocycles. The predicted octanol–water partition coefficient (Wildman–Crippen LogP) is 2.56. The summed E-state index contributed by atoms with van der Waals surface area (Å²) in [6.07, 6.45) is 4.14. The first-order valence-corrected chi connectivity index (χ1v) is 12.7. The summed E-state index contributed by atoms with van der Waals surface area (Å²) in [6.45, 7) is -0.158. The van der Waals surface area contributed by atoms with E-state index in [1.807, 2.05) is 18.2 Å². The Morgan fingerprint density at radius 3 is 2.63 bits per heavy atom. The van der Waals surface area contributed by atoms with E-state index in [4.69, 9.17) is 4.74 Å². The van der Waals surface area contributed by atoms with Gasteiger partial charge in [0.05, 0.1) is 17.1 Å². The number of rotatable bonds is 6. The summed E-state index contributed by atoms with van der Waals surface area (Å²) < 4.78 is 28.9. The molecule has 1 aromatic heterocycles. The zero-order valence-electron chi connectivity index (χ0n) is 16.5. The smallest absolute Gasteiger partial charge is 0.262 e. The van der Waals surface area contributed by atoms with Crippen LogP contribution in [-0.2, 0) is 27.5 Å². The molecule has 1 atom stereocenters. The number of benzene rings is 1. The van der Waals surface area contributed by atoms with Crippen LogP contribution in [0, 0.1) is 0 Å². The Kier molecular flexibility index (Phi) is 6.10. The molecule has 1 unspecified atom stereocenters. The summed E-state index contributed by atoms with van der Waals surface area (Å²) in [6, 6.07) is 8.67. The Morgan fingerprint density at radius 1 is 1.13 bits per heavy atom. The van der Waals surface area contributed by atoms with E-state index >= 15 is 0 Å². The van der Waals surface area contributed by atoms with Crippen molar-refractivity contribution in [2.75, 3.05) is 23.4 Å². The number of anilines is 1. The maximum atomic E-state index is 13.0. The zero-order chi connectivity index (χ0) is 21.1. The van der Waals surface area contributed by atoms with E-state index in [0.717, 1.165) is 36.1 Å². The van der Waals surface area contributed by atoms with Crippen LogP contribution in [0.5, 0.6) is 5.75 Å². The van der Waals surface area contributed by atoms with E-state index in [1.165, 1.54) is 11.3 Å². The summed E-state index contributed by atoms with van der Waals surface area (Å²) in [5.74, 6) is 0.0156. The van der Waals surface area contributed by atoms with E-state index in [2.05, 4.69) is 10.6 Å². The van der Waals surface area contributed by atoms with Crippen molar-refractivity contribution < 1.29 is 22.7 Å². The quantitative estimate of drug-likeness (QED) is 0.707. The minimum Gasteiger partial charge on any atom is -0.484 e. The molecule has 7 nitrogen and oxygen atoms in total. The van der Waals surface area contributed by atoms with E-state index in [1.54, 1.807) is 12.1 Å². The van der Waals surface area contributed by atoms with Gasteiger partial charge in [-0.2, -0.15) is 0 Å². The number of amides is 2. The number of nitrogens with one attached hydrogen (secondary N) is 2. The first kappa shape index (κ1) is 20.9. The van der Waals surface area contributed by atoms with E-state index in [-0.39, 0.29) is 36.0 Å². The second-order valence-corrected chi connectivity index (χ2v) is 11.0. The number of carbonyl (C=O) groups is 2. The third kappa shape index (κ3) is 4.84. The summed E-state index contributed by atoms with van der Waals surface area (Å²) >= 11 is 1.43. The van der Waals surface area contributed by atoms with Crippen molar-refractivity contribution in [2.45, 2.75) is 38.1 Å². The van der Waals surface area contributed by atoms with Gasteiger partial charge in [-0.1, -0.05) is 18.2 Å². The van der Waals surface area contributed by atoms with Gasteiger partial charge in [0.15, 0.2) is 16.4 Å². The van der Waals surface area contributed by atoms with Crippen LogP contribution in [0.2, 0.25) is 0 Å². The van der Waals surface area contributed by atoms with Crippen molar-refractivity contribution in [2.24, 2.45) is 0 Å². The van der Waals surface area contributed by atoms with Gasteiger partial charge in [0.25, 0.3) is 11.8 Å². The van der Waals surface area contributed by atoms with Crippen LogP contribution in [0.1, 0.15) is 40.1 Å². The number of carbonyl (C=O) groups excluding carboxylic acids is 2. The van der Waals surface area contributed by atoms with Gasteiger partial charge >= 0.3 is 0 Å². The molecule has 2 aliphatic rings. The van der Waals surface area contributed by atoms with Gasteiger partial charge in [-0.05, 0) is 49.8 Å². The average molecular weight is 449 g/mol. The lowest BCUT2D eigenvalue weighted by atomic mass is 9.95. The Hall–Kier alpha value is -2.39. The first-order chi connectivity index (χ1) is 14.4. The molecule has 160 valence electrons. The molecule has 2 amide bonds. The molecule has 0 bridgehead atoms. The van der Waals surface area contributed by atoms with Crippen LogP contribution in [0.4, 0.5) is 5.00 Å². The molecule has 4 rings (SSSR count). The number of thiophene rings is 1. The first-order valence-electron chi connectivity index (χ1n) is 10.0. The predicted molar refractivity (Wildman–Crippen MR) is 116 cm³/mol. The Morgan fingerprint density at radius 2 is 1.90 bits per heavy atom. The third-order valence-electron chi connectivity index (χ3n) is 5.33. The lowest BCUT2D eigenvalue weighted by molar-refractivity contribution is -0.118. The molecule has 0 spiro atoms. The van der Waals surface area contributed by atoms with E-state index in [9.17, 15) is 18.0 Å². The Balaban J connectivity index is 1.49. The fraction of sp³-hybridized carbons (Fsp3) is 0.429. The second kappa shape index (κ2) is 8.77. The molecule has 2 heterocycles. The molecular weight excluding hydrogens is 424 g/mol. The molecule has 2 N–H and O–H groups in total. The topological polar surface area (TPSA) is 102 Å². The standard InChI is InChI=1S/C21H24N2O5S2/c24-18(12-28-15-6-2-1-3-7-15)23-21-19(16-8-4-5-9-17(16)29-21)20(25)22-14-10-11-30(26,27)13-14/h1-3,6-7,14H,4-5,8-13H2,(H,22,25)(H,23,24). The normalized spacial score (nSPS) is 19.7. The summed E-state index contributed by atoms with van der Waals surface area (Å²) in [7, 11) is -3.09. The highest BCUT2D eigenvalue weighted by molar-refractivity contribution is 7.91. The number of aryl methyl sites for hydroxylation is 1. The highest BCUT2D eigenvalue weighted by Crippen LogP contribution is 2.38. The average Bonchev–Trinajstić information content (AvgIpc) is 3.25. The highest BCUT2D eigenvalue weighted by atomic mass is 32.2.